The highest BCUT2D eigenvalue weighted by molar-refractivity contribution is 7.98. The number of carbonyl (C=O) groups excluding carboxylic acids is 1. The van der Waals surface area contributed by atoms with Crippen LogP contribution in [-0.2, 0) is 10.5 Å². The molecule has 1 aromatic carbocycles. The SMILES string of the molecule is CCCN(C)c1cc(C)nc(SCc2cccc(C(=O)N3CCOCC3)c2)n1. The maximum absolute atomic E-state index is 12.7. The predicted octanol–water partition coefficient (Wildman–Crippen LogP) is 3.40. The number of hydrogen-bond donors (Lipinski definition) is 0. The van der Waals surface area contributed by atoms with Crippen molar-refractivity contribution >= 4 is 23.5 Å². The second kappa shape index (κ2) is 9.89. The lowest BCUT2D eigenvalue weighted by atomic mass is 10.1. The average molecular weight is 401 g/mol. The third-order valence-corrected chi connectivity index (χ3v) is 5.53. The fourth-order valence-electron chi connectivity index (χ4n) is 3.13. The molecule has 1 fully saturated rings. The van der Waals surface area contributed by atoms with Crippen molar-refractivity contribution in [2.45, 2.75) is 31.2 Å². The molecule has 3 rings (SSSR count). The third-order valence-electron chi connectivity index (χ3n) is 4.61. The van der Waals surface area contributed by atoms with E-state index in [2.05, 4.69) is 28.8 Å². The van der Waals surface area contributed by atoms with Gasteiger partial charge in [0.1, 0.15) is 5.82 Å². The van der Waals surface area contributed by atoms with Crippen molar-refractivity contribution in [3.05, 3.63) is 47.2 Å². The first-order valence-corrected chi connectivity index (χ1v) is 10.7. The molecule has 1 saturated heterocycles. The van der Waals surface area contributed by atoms with Gasteiger partial charge >= 0.3 is 0 Å². The van der Waals surface area contributed by atoms with Crippen LogP contribution in [0, 0.1) is 6.92 Å². The number of morpholine rings is 1. The van der Waals surface area contributed by atoms with Crippen LogP contribution in [0.15, 0.2) is 35.5 Å². The summed E-state index contributed by atoms with van der Waals surface area (Å²) in [5, 5.41) is 0.767. The molecule has 0 N–H and O–H groups in total. The number of anilines is 1. The van der Waals surface area contributed by atoms with Crippen LogP contribution in [0.1, 0.15) is 35.0 Å². The van der Waals surface area contributed by atoms with E-state index in [-0.39, 0.29) is 5.91 Å². The zero-order valence-electron chi connectivity index (χ0n) is 16.9. The lowest BCUT2D eigenvalue weighted by Gasteiger charge is -2.27. The van der Waals surface area contributed by atoms with Crippen LogP contribution in [0.4, 0.5) is 5.82 Å². The number of carbonyl (C=O) groups is 1. The molecule has 6 nitrogen and oxygen atoms in total. The minimum atomic E-state index is 0.0745. The molecule has 0 saturated carbocycles. The molecule has 1 aliphatic rings. The van der Waals surface area contributed by atoms with Crippen molar-refractivity contribution in [1.82, 2.24) is 14.9 Å². The van der Waals surface area contributed by atoms with Gasteiger partial charge in [-0.3, -0.25) is 4.79 Å². The average Bonchev–Trinajstić information content (AvgIpc) is 2.72. The summed E-state index contributed by atoms with van der Waals surface area (Å²) in [7, 11) is 2.06. The second-order valence-electron chi connectivity index (χ2n) is 6.97. The highest BCUT2D eigenvalue weighted by Gasteiger charge is 2.18. The minimum absolute atomic E-state index is 0.0745. The first-order chi connectivity index (χ1) is 13.6. The quantitative estimate of drug-likeness (QED) is 0.524. The van der Waals surface area contributed by atoms with Crippen LogP contribution >= 0.6 is 11.8 Å². The monoisotopic (exact) mass is 400 g/mol. The second-order valence-corrected chi connectivity index (χ2v) is 7.91. The van der Waals surface area contributed by atoms with E-state index in [1.165, 1.54) is 0 Å². The number of thioether (sulfide) groups is 1. The molecule has 0 bridgehead atoms. The zero-order chi connectivity index (χ0) is 19.9. The van der Waals surface area contributed by atoms with E-state index in [9.17, 15) is 4.79 Å². The van der Waals surface area contributed by atoms with Crippen LogP contribution in [0.5, 0.6) is 0 Å². The number of aromatic nitrogens is 2. The van der Waals surface area contributed by atoms with Crippen LogP contribution in [-0.4, -0.2) is 60.7 Å². The van der Waals surface area contributed by atoms with E-state index in [0.29, 0.717) is 26.3 Å². The van der Waals surface area contributed by atoms with Gasteiger partial charge in [0.25, 0.3) is 5.91 Å². The van der Waals surface area contributed by atoms with Crippen molar-refractivity contribution < 1.29 is 9.53 Å². The molecule has 2 heterocycles. The Morgan fingerprint density at radius 2 is 2.04 bits per heavy atom. The van der Waals surface area contributed by atoms with E-state index in [1.807, 2.05) is 42.2 Å². The topological polar surface area (TPSA) is 58.6 Å². The summed E-state index contributed by atoms with van der Waals surface area (Å²) >= 11 is 1.60. The van der Waals surface area contributed by atoms with E-state index in [1.54, 1.807) is 11.8 Å². The molecule has 150 valence electrons. The predicted molar refractivity (Wildman–Crippen MR) is 113 cm³/mol. The van der Waals surface area contributed by atoms with E-state index in [0.717, 1.165) is 46.5 Å². The minimum Gasteiger partial charge on any atom is -0.378 e. The van der Waals surface area contributed by atoms with E-state index < -0.39 is 0 Å². The lowest BCUT2D eigenvalue weighted by molar-refractivity contribution is 0.0303. The van der Waals surface area contributed by atoms with Crippen LogP contribution < -0.4 is 4.90 Å². The summed E-state index contributed by atoms with van der Waals surface area (Å²) in [4.78, 5) is 25.9. The number of nitrogens with zero attached hydrogens (tertiary/aromatic N) is 4. The Kier molecular flexibility index (Phi) is 7.28. The summed E-state index contributed by atoms with van der Waals surface area (Å²) in [6, 6.07) is 9.86. The van der Waals surface area contributed by atoms with Gasteiger partial charge in [0, 0.05) is 49.8 Å². The van der Waals surface area contributed by atoms with Crippen molar-refractivity contribution in [1.29, 1.82) is 0 Å². The van der Waals surface area contributed by atoms with Gasteiger partial charge in [0.15, 0.2) is 5.16 Å². The zero-order valence-corrected chi connectivity index (χ0v) is 17.7. The summed E-state index contributed by atoms with van der Waals surface area (Å²) in [6.45, 7) is 7.65. The van der Waals surface area contributed by atoms with Gasteiger partial charge < -0.3 is 14.5 Å². The fourth-order valence-corrected chi connectivity index (χ4v) is 3.97. The molecular formula is C21H28N4O2S. The molecule has 0 unspecified atom stereocenters. The van der Waals surface area contributed by atoms with Gasteiger partial charge in [-0.05, 0) is 31.0 Å². The Hall–Kier alpha value is -2.12. The van der Waals surface area contributed by atoms with Gasteiger partial charge in [0.05, 0.1) is 13.2 Å². The van der Waals surface area contributed by atoms with Crippen molar-refractivity contribution in [2.75, 3.05) is 44.8 Å². The van der Waals surface area contributed by atoms with E-state index >= 15 is 0 Å². The van der Waals surface area contributed by atoms with Gasteiger partial charge in [0.2, 0.25) is 0 Å². The van der Waals surface area contributed by atoms with Gasteiger partial charge in [-0.1, -0.05) is 30.8 Å². The molecule has 0 atom stereocenters. The largest absolute Gasteiger partial charge is 0.378 e. The first kappa shape index (κ1) is 20.6. The molecular weight excluding hydrogens is 372 g/mol. The van der Waals surface area contributed by atoms with Crippen LogP contribution in [0.2, 0.25) is 0 Å². The van der Waals surface area contributed by atoms with Gasteiger partial charge in [-0.25, -0.2) is 9.97 Å². The fraction of sp³-hybridized carbons (Fsp3) is 0.476. The Labute approximate surface area is 171 Å². The molecule has 1 aliphatic heterocycles. The highest BCUT2D eigenvalue weighted by atomic mass is 32.2. The molecule has 0 aliphatic carbocycles. The van der Waals surface area contributed by atoms with E-state index in [4.69, 9.17) is 4.74 Å². The maximum Gasteiger partial charge on any atom is 0.254 e. The van der Waals surface area contributed by atoms with Gasteiger partial charge in [-0.15, -0.1) is 0 Å². The van der Waals surface area contributed by atoms with Crippen molar-refractivity contribution in [3.8, 4) is 0 Å². The normalized spacial score (nSPS) is 14.2. The van der Waals surface area contributed by atoms with Crippen LogP contribution in [0.25, 0.3) is 0 Å². The Balaban J connectivity index is 1.67. The first-order valence-electron chi connectivity index (χ1n) is 9.72. The molecule has 0 radical (unpaired) electrons. The molecule has 1 aromatic heterocycles. The Morgan fingerprint density at radius 1 is 1.25 bits per heavy atom. The molecule has 7 heteroatoms. The number of ether oxygens (including phenoxy) is 1. The summed E-state index contributed by atoms with van der Waals surface area (Å²) in [5.74, 6) is 1.75. The number of aryl methyl sites for hydroxylation is 1. The van der Waals surface area contributed by atoms with Crippen molar-refractivity contribution in [2.24, 2.45) is 0 Å². The van der Waals surface area contributed by atoms with Crippen LogP contribution in [0.3, 0.4) is 0 Å². The highest BCUT2D eigenvalue weighted by Crippen LogP contribution is 2.23. The Morgan fingerprint density at radius 3 is 2.79 bits per heavy atom. The standard InChI is InChI=1S/C21H28N4O2S/c1-4-8-24(3)19-13-16(2)22-21(23-19)28-15-17-6-5-7-18(14-17)20(26)25-9-11-27-12-10-25/h5-7,13-14H,4,8-12,15H2,1-3H3. The van der Waals surface area contributed by atoms with Gasteiger partial charge in [-0.2, -0.15) is 0 Å². The third kappa shape index (κ3) is 5.45. The number of hydrogen-bond acceptors (Lipinski definition) is 6. The number of amides is 1. The summed E-state index contributed by atoms with van der Waals surface area (Å²) < 4.78 is 5.33. The Bertz CT molecular complexity index is 809. The molecule has 0 spiro atoms. The van der Waals surface area contributed by atoms with Crippen molar-refractivity contribution in [3.63, 3.8) is 0 Å². The summed E-state index contributed by atoms with van der Waals surface area (Å²) in [6.07, 6.45) is 1.08. The molecule has 28 heavy (non-hydrogen) atoms. The maximum atomic E-state index is 12.7. The number of benzene rings is 1. The summed E-state index contributed by atoms with van der Waals surface area (Å²) in [5.41, 5.74) is 2.79. The molecule has 2 aromatic rings. The smallest absolute Gasteiger partial charge is 0.254 e. The number of rotatable bonds is 7. The molecule has 1 amide bonds. The lowest BCUT2D eigenvalue weighted by Crippen LogP contribution is -2.40.